The molecule has 3 heterocycles. The summed E-state index contributed by atoms with van der Waals surface area (Å²) < 4.78 is 11.6. The van der Waals surface area contributed by atoms with Crippen molar-refractivity contribution in [3.63, 3.8) is 0 Å². The first-order chi connectivity index (χ1) is 11.1. The van der Waals surface area contributed by atoms with Crippen LogP contribution in [0.3, 0.4) is 0 Å². The van der Waals surface area contributed by atoms with E-state index in [2.05, 4.69) is 29.8 Å². The molecule has 1 N–H and O–H groups in total. The number of ether oxygens (including phenoxy) is 2. The second-order valence-electron chi connectivity index (χ2n) is 6.60. The largest absolute Gasteiger partial charge is 0.347 e. The minimum atomic E-state index is -0.525. The highest BCUT2D eigenvalue weighted by molar-refractivity contribution is 7.10. The van der Waals surface area contributed by atoms with E-state index >= 15 is 0 Å². The zero-order chi connectivity index (χ0) is 16.3. The third-order valence-corrected chi connectivity index (χ3v) is 6.00. The van der Waals surface area contributed by atoms with Crippen LogP contribution in [0.5, 0.6) is 0 Å². The zero-order valence-corrected chi connectivity index (χ0v) is 14.7. The van der Waals surface area contributed by atoms with Crippen molar-refractivity contribution in [1.29, 1.82) is 0 Å². The van der Waals surface area contributed by atoms with Gasteiger partial charge in [0.15, 0.2) is 5.79 Å². The molecule has 2 amide bonds. The maximum Gasteiger partial charge on any atom is 0.317 e. The summed E-state index contributed by atoms with van der Waals surface area (Å²) in [6.45, 7) is 7.64. The number of amides is 2. The standard InChI is InChI=1S/C17H26N2O3S/c1-13(15-6-4-10-23-15)11-18-16(20)19-7-3-5-14(12-19)17(2)21-8-9-22-17/h4,6,10,13-14H,3,5,7-9,11-12H2,1-2H3,(H,18,20)/t13-,14+/m1/s1. The second-order valence-corrected chi connectivity index (χ2v) is 7.58. The molecule has 0 spiro atoms. The number of hydrogen-bond donors (Lipinski definition) is 1. The normalized spacial score (nSPS) is 25.3. The summed E-state index contributed by atoms with van der Waals surface area (Å²) >= 11 is 1.74. The Kier molecular flexibility index (Phi) is 5.24. The average Bonchev–Trinajstić information content (AvgIpc) is 3.25. The molecule has 6 heteroatoms. The molecule has 0 bridgehead atoms. The van der Waals surface area contributed by atoms with Gasteiger partial charge >= 0.3 is 6.03 Å². The monoisotopic (exact) mass is 338 g/mol. The molecule has 23 heavy (non-hydrogen) atoms. The lowest BCUT2D eigenvalue weighted by Crippen LogP contribution is -2.51. The van der Waals surface area contributed by atoms with Gasteiger partial charge in [-0.15, -0.1) is 11.3 Å². The summed E-state index contributed by atoms with van der Waals surface area (Å²) in [7, 11) is 0. The maximum absolute atomic E-state index is 12.5. The second kappa shape index (κ2) is 7.20. The lowest BCUT2D eigenvalue weighted by Gasteiger charge is -2.39. The minimum Gasteiger partial charge on any atom is -0.347 e. The van der Waals surface area contributed by atoms with Gasteiger partial charge in [0.25, 0.3) is 0 Å². The first kappa shape index (κ1) is 16.7. The Morgan fingerprint density at radius 1 is 1.52 bits per heavy atom. The molecular weight excluding hydrogens is 312 g/mol. The molecule has 5 nitrogen and oxygen atoms in total. The molecule has 1 aromatic rings. The van der Waals surface area contributed by atoms with Crippen LogP contribution in [0.15, 0.2) is 17.5 Å². The number of hydrogen-bond acceptors (Lipinski definition) is 4. The third-order valence-electron chi connectivity index (χ3n) is 4.90. The van der Waals surface area contributed by atoms with Crippen LogP contribution in [0.1, 0.15) is 37.5 Å². The predicted molar refractivity (Wildman–Crippen MR) is 90.7 cm³/mol. The molecule has 2 atom stereocenters. The molecule has 128 valence electrons. The molecule has 0 unspecified atom stereocenters. The topological polar surface area (TPSA) is 50.8 Å². The van der Waals surface area contributed by atoms with E-state index in [-0.39, 0.29) is 11.9 Å². The van der Waals surface area contributed by atoms with Gasteiger partial charge in [0.1, 0.15) is 0 Å². The van der Waals surface area contributed by atoms with Gasteiger partial charge in [-0.25, -0.2) is 4.79 Å². The fourth-order valence-electron chi connectivity index (χ4n) is 3.38. The van der Waals surface area contributed by atoms with Gasteiger partial charge < -0.3 is 19.7 Å². The molecule has 3 rings (SSSR count). The summed E-state index contributed by atoms with van der Waals surface area (Å²) in [6.07, 6.45) is 2.05. The van der Waals surface area contributed by atoms with Gasteiger partial charge in [-0.1, -0.05) is 13.0 Å². The van der Waals surface area contributed by atoms with Crippen LogP contribution in [0.25, 0.3) is 0 Å². The molecule has 0 aliphatic carbocycles. The Hall–Kier alpha value is -1.11. The zero-order valence-electron chi connectivity index (χ0n) is 13.9. The molecule has 2 fully saturated rings. The highest BCUT2D eigenvalue weighted by Crippen LogP contribution is 2.34. The smallest absolute Gasteiger partial charge is 0.317 e. The van der Waals surface area contributed by atoms with Crippen LogP contribution in [0.4, 0.5) is 4.79 Å². The summed E-state index contributed by atoms with van der Waals surface area (Å²) in [5, 5.41) is 5.15. The minimum absolute atomic E-state index is 0.0275. The number of likely N-dealkylation sites (tertiary alicyclic amines) is 1. The van der Waals surface area contributed by atoms with Crippen LogP contribution < -0.4 is 5.32 Å². The van der Waals surface area contributed by atoms with Crippen molar-refractivity contribution in [1.82, 2.24) is 10.2 Å². The number of piperidine rings is 1. The van der Waals surface area contributed by atoms with Crippen LogP contribution in [-0.4, -0.2) is 49.6 Å². The number of rotatable bonds is 4. The SMILES string of the molecule is C[C@H](CNC(=O)N1CCC[C@H](C2(C)OCCO2)C1)c1cccs1. The highest BCUT2D eigenvalue weighted by Gasteiger charge is 2.42. The summed E-state index contributed by atoms with van der Waals surface area (Å²) in [5.41, 5.74) is 0. The first-order valence-corrected chi connectivity index (χ1v) is 9.30. The van der Waals surface area contributed by atoms with E-state index in [1.807, 2.05) is 11.8 Å². The molecule has 2 saturated heterocycles. The molecular formula is C17H26N2O3S. The van der Waals surface area contributed by atoms with Gasteiger partial charge in [-0.05, 0) is 31.2 Å². The fraction of sp³-hybridized carbons (Fsp3) is 0.706. The van der Waals surface area contributed by atoms with Crippen molar-refractivity contribution in [2.75, 3.05) is 32.8 Å². The van der Waals surface area contributed by atoms with Crippen molar-refractivity contribution < 1.29 is 14.3 Å². The van der Waals surface area contributed by atoms with E-state index in [9.17, 15) is 4.79 Å². The first-order valence-electron chi connectivity index (χ1n) is 8.42. The number of carbonyl (C=O) groups excluding carboxylic acids is 1. The number of nitrogens with one attached hydrogen (secondary N) is 1. The van der Waals surface area contributed by atoms with Crippen LogP contribution in [0, 0.1) is 5.92 Å². The molecule has 2 aliphatic rings. The Bertz CT molecular complexity index is 514. The third kappa shape index (κ3) is 3.87. The lowest BCUT2D eigenvalue weighted by molar-refractivity contribution is -0.189. The summed E-state index contributed by atoms with van der Waals surface area (Å²) in [4.78, 5) is 15.7. The Morgan fingerprint density at radius 3 is 3.00 bits per heavy atom. The number of carbonyl (C=O) groups is 1. The Labute approximate surface area is 142 Å². The number of thiophene rings is 1. The number of urea groups is 1. The summed E-state index contributed by atoms with van der Waals surface area (Å²) in [6, 6.07) is 4.20. The quantitative estimate of drug-likeness (QED) is 0.918. The van der Waals surface area contributed by atoms with E-state index < -0.39 is 5.79 Å². The van der Waals surface area contributed by atoms with Gasteiger partial charge in [-0.3, -0.25) is 0 Å². The average molecular weight is 338 g/mol. The Morgan fingerprint density at radius 2 is 2.30 bits per heavy atom. The van der Waals surface area contributed by atoms with E-state index in [4.69, 9.17) is 9.47 Å². The van der Waals surface area contributed by atoms with Gasteiger partial charge in [0, 0.05) is 36.3 Å². The molecule has 2 aliphatic heterocycles. The Balaban J connectivity index is 1.51. The van der Waals surface area contributed by atoms with Crippen molar-refractivity contribution in [2.24, 2.45) is 5.92 Å². The van der Waals surface area contributed by atoms with Crippen LogP contribution in [0.2, 0.25) is 0 Å². The lowest BCUT2D eigenvalue weighted by atomic mass is 9.90. The van der Waals surface area contributed by atoms with Gasteiger partial charge in [-0.2, -0.15) is 0 Å². The molecule has 0 aromatic carbocycles. The van der Waals surface area contributed by atoms with Gasteiger partial charge in [0.05, 0.1) is 13.2 Å². The maximum atomic E-state index is 12.5. The van der Waals surface area contributed by atoms with Crippen molar-refractivity contribution in [3.8, 4) is 0 Å². The predicted octanol–water partition coefficient (Wildman–Crippen LogP) is 3.04. The van der Waals surface area contributed by atoms with Crippen molar-refractivity contribution in [2.45, 2.75) is 38.4 Å². The molecule has 0 radical (unpaired) electrons. The van der Waals surface area contributed by atoms with E-state index in [1.165, 1.54) is 4.88 Å². The fourth-order valence-corrected chi connectivity index (χ4v) is 4.17. The van der Waals surface area contributed by atoms with Crippen LogP contribution >= 0.6 is 11.3 Å². The van der Waals surface area contributed by atoms with Gasteiger partial charge in [0.2, 0.25) is 0 Å². The van der Waals surface area contributed by atoms with E-state index in [0.717, 1.165) is 19.4 Å². The number of nitrogens with zero attached hydrogens (tertiary/aromatic N) is 1. The van der Waals surface area contributed by atoms with Crippen molar-refractivity contribution in [3.05, 3.63) is 22.4 Å². The van der Waals surface area contributed by atoms with E-state index in [1.54, 1.807) is 11.3 Å². The molecule has 1 aromatic heterocycles. The van der Waals surface area contributed by atoms with Crippen LogP contribution in [-0.2, 0) is 9.47 Å². The van der Waals surface area contributed by atoms with E-state index in [0.29, 0.717) is 32.2 Å². The summed E-state index contributed by atoms with van der Waals surface area (Å²) in [5.74, 6) is 0.0706. The highest BCUT2D eigenvalue weighted by atomic mass is 32.1. The van der Waals surface area contributed by atoms with Crippen molar-refractivity contribution >= 4 is 17.4 Å². The molecule has 0 saturated carbocycles.